The van der Waals surface area contributed by atoms with Gasteiger partial charge in [-0.05, 0) is 26.3 Å². The van der Waals surface area contributed by atoms with E-state index in [1.54, 1.807) is 17.1 Å². The summed E-state index contributed by atoms with van der Waals surface area (Å²) in [6, 6.07) is 0. The fraction of sp³-hybridized carbons (Fsp3) is 0.364. The highest BCUT2D eigenvalue weighted by molar-refractivity contribution is 5.30. The van der Waals surface area contributed by atoms with E-state index in [2.05, 4.69) is 15.1 Å². The Morgan fingerprint density at radius 2 is 2.00 bits per heavy atom. The second-order valence-electron chi connectivity index (χ2n) is 3.78. The molecule has 0 saturated heterocycles. The highest BCUT2D eigenvalue weighted by Crippen LogP contribution is 2.14. The smallest absolute Gasteiger partial charge is 0.172 e. The number of nitrogens with two attached hydrogens (primary N) is 1. The Balaban J connectivity index is 2.54. The Labute approximate surface area is 94.3 Å². The zero-order valence-electron chi connectivity index (χ0n) is 9.73. The molecule has 16 heavy (non-hydrogen) atoms. The van der Waals surface area contributed by atoms with E-state index >= 15 is 0 Å². The zero-order valence-corrected chi connectivity index (χ0v) is 9.73. The lowest BCUT2D eigenvalue weighted by atomic mass is 10.2. The van der Waals surface area contributed by atoms with Gasteiger partial charge in [-0.2, -0.15) is 5.10 Å². The molecule has 2 aromatic heterocycles. The number of hydrogen-bond acceptors (Lipinski definition) is 4. The molecule has 2 aromatic rings. The van der Waals surface area contributed by atoms with Crippen LogP contribution in [0.1, 0.15) is 22.6 Å². The van der Waals surface area contributed by atoms with Gasteiger partial charge >= 0.3 is 0 Å². The van der Waals surface area contributed by atoms with E-state index in [0.29, 0.717) is 6.54 Å². The van der Waals surface area contributed by atoms with E-state index in [1.807, 2.05) is 20.8 Å². The summed E-state index contributed by atoms with van der Waals surface area (Å²) in [7, 11) is 0. The van der Waals surface area contributed by atoms with Gasteiger partial charge in [0.2, 0.25) is 0 Å². The first kappa shape index (κ1) is 10.8. The van der Waals surface area contributed by atoms with Crippen molar-refractivity contribution in [2.45, 2.75) is 27.3 Å². The molecule has 2 rings (SSSR count). The molecule has 0 fully saturated rings. The molecule has 0 aromatic carbocycles. The summed E-state index contributed by atoms with van der Waals surface area (Å²) in [5.41, 5.74) is 9.58. The van der Waals surface area contributed by atoms with Crippen LogP contribution in [0.2, 0.25) is 0 Å². The number of rotatable bonds is 2. The number of hydrogen-bond donors (Lipinski definition) is 1. The fourth-order valence-electron chi connectivity index (χ4n) is 1.54. The molecular weight excluding hydrogens is 202 g/mol. The van der Waals surface area contributed by atoms with Crippen molar-refractivity contribution in [3.8, 4) is 5.82 Å². The first-order chi connectivity index (χ1) is 7.63. The SMILES string of the molecule is Cc1nn(-c2cncc(CN)n2)c(C)c1C. The molecule has 0 aliphatic carbocycles. The van der Waals surface area contributed by atoms with Crippen molar-refractivity contribution in [3.63, 3.8) is 0 Å². The van der Waals surface area contributed by atoms with Crippen molar-refractivity contribution in [1.29, 1.82) is 0 Å². The van der Waals surface area contributed by atoms with Crippen molar-refractivity contribution >= 4 is 0 Å². The molecule has 0 unspecified atom stereocenters. The Morgan fingerprint density at radius 1 is 1.25 bits per heavy atom. The van der Waals surface area contributed by atoms with Gasteiger partial charge in [0.15, 0.2) is 5.82 Å². The van der Waals surface area contributed by atoms with Gasteiger partial charge in [-0.1, -0.05) is 0 Å². The third-order valence-electron chi connectivity index (χ3n) is 2.75. The van der Waals surface area contributed by atoms with Crippen molar-refractivity contribution in [3.05, 3.63) is 35.0 Å². The minimum Gasteiger partial charge on any atom is -0.325 e. The van der Waals surface area contributed by atoms with Gasteiger partial charge in [0.1, 0.15) is 0 Å². The molecular formula is C11H15N5. The molecule has 0 bridgehead atoms. The van der Waals surface area contributed by atoms with Gasteiger partial charge < -0.3 is 5.73 Å². The molecule has 0 spiro atoms. The molecule has 0 radical (unpaired) electrons. The quantitative estimate of drug-likeness (QED) is 0.816. The van der Waals surface area contributed by atoms with Crippen LogP contribution in [0.15, 0.2) is 12.4 Å². The molecule has 5 nitrogen and oxygen atoms in total. The second-order valence-corrected chi connectivity index (χ2v) is 3.78. The minimum atomic E-state index is 0.388. The summed E-state index contributed by atoms with van der Waals surface area (Å²) in [6.45, 7) is 6.44. The average Bonchev–Trinajstić information content (AvgIpc) is 2.57. The summed E-state index contributed by atoms with van der Waals surface area (Å²) in [5, 5.41) is 4.43. The standard InChI is InChI=1S/C11H15N5/c1-7-8(2)15-16(9(7)3)11-6-13-5-10(4-12)14-11/h5-6H,4,12H2,1-3H3. The predicted molar refractivity (Wildman–Crippen MR) is 61.3 cm³/mol. The van der Waals surface area contributed by atoms with Crippen LogP contribution in [0.4, 0.5) is 0 Å². The summed E-state index contributed by atoms with van der Waals surface area (Å²) in [5.74, 6) is 0.719. The Bertz CT molecular complexity index is 515. The molecule has 0 aliphatic heterocycles. The van der Waals surface area contributed by atoms with Gasteiger partial charge in [-0.25, -0.2) is 9.67 Å². The molecule has 0 amide bonds. The van der Waals surface area contributed by atoms with E-state index in [1.165, 1.54) is 5.56 Å². The van der Waals surface area contributed by atoms with Crippen LogP contribution in [0.25, 0.3) is 5.82 Å². The van der Waals surface area contributed by atoms with Crippen LogP contribution in [0.5, 0.6) is 0 Å². The van der Waals surface area contributed by atoms with E-state index in [0.717, 1.165) is 22.9 Å². The number of aryl methyl sites for hydroxylation is 1. The van der Waals surface area contributed by atoms with Gasteiger partial charge in [0.05, 0.1) is 17.6 Å². The second kappa shape index (κ2) is 4.02. The first-order valence-electron chi connectivity index (χ1n) is 5.17. The van der Waals surface area contributed by atoms with Gasteiger partial charge in [-0.15, -0.1) is 0 Å². The molecule has 0 saturated carbocycles. The lowest BCUT2D eigenvalue weighted by Gasteiger charge is -2.04. The van der Waals surface area contributed by atoms with E-state index in [9.17, 15) is 0 Å². The number of nitrogens with zero attached hydrogens (tertiary/aromatic N) is 4. The molecule has 5 heteroatoms. The third-order valence-corrected chi connectivity index (χ3v) is 2.75. The largest absolute Gasteiger partial charge is 0.325 e. The number of aromatic nitrogens is 4. The summed E-state index contributed by atoms with van der Waals surface area (Å²) in [6.07, 6.45) is 3.36. The molecule has 2 N–H and O–H groups in total. The highest BCUT2D eigenvalue weighted by atomic mass is 15.3. The van der Waals surface area contributed by atoms with Crippen molar-refractivity contribution in [2.24, 2.45) is 5.73 Å². The summed E-state index contributed by atoms with van der Waals surface area (Å²) in [4.78, 5) is 8.50. The Hall–Kier alpha value is -1.75. The molecule has 2 heterocycles. The van der Waals surface area contributed by atoms with Crippen molar-refractivity contribution < 1.29 is 0 Å². The van der Waals surface area contributed by atoms with Gasteiger partial charge in [-0.3, -0.25) is 4.98 Å². The first-order valence-corrected chi connectivity index (χ1v) is 5.17. The van der Waals surface area contributed by atoms with Crippen LogP contribution >= 0.6 is 0 Å². The van der Waals surface area contributed by atoms with Crippen LogP contribution < -0.4 is 5.73 Å². The van der Waals surface area contributed by atoms with Crippen molar-refractivity contribution in [1.82, 2.24) is 19.7 Å². The van der Waals surface area contributed by atoms with Crippen molar-refractivity contribution in [2.75, 3.05) is 0 Å². The maximum Gasteiger partial charge on any atom is 0.172 e. The van der Waals surface area contributed by atoms with Crippen LogP contribution in [-0.4, -0.2) is 19.7 Å². The molecule has 0 aliphatic rings. The fourth-order valence-corrected chi connectivity index (χ4v) is 1.54. The highest BCUT2D eigenvalue weighted by Gasteiger charge is 2.10. The van der Waals surface area contributed by atoms with E-state index < -0.39 is 0 Å². The molecule has 84 valence electrons. The normalized spacial score (nSPS) is 10.8. The zero-order chi connectivity index (χ0) is 11.7. The van der Waals surface area contributed by atoms with Gasteiger partial charge in [0, 0.05) is 18.4 Å². The topological polar surface area (TPSA) is 69.6 Å². The monoisotopic (exact) mass is 217 g/mol. The maximum absolute atomic E-state index is 5.54. The summed E-state index contributed by atoms with van der Waals surface area (Å²) < 4.78 is 1.80. The third kappa shape index (κ3) is 1.69. The molecule has 0 atom stereocenters. The lowest BCUT2D eigenvalue weighted by molar-refractivity contribution is 0.784. The van der Waals surface area contributed by atoms with Gasteiger partial charge in [0.25, 0.3) is 0 Å². The predicted octanol–water partition coefficient (Wildman–Crippen LogP) is 1.05. The average molecular weight is 217 g/mol. The van der Waals surface area contributed by atoms with Crippen LogP contribution in [-0.2, 0) is 6.54 Å². The van der Waals surface area contributed by atoms with Crippen LogP contribution in [0, 0.1) is 20.8 Å². The Kier molecular flexibility index (Phi) is 2.70. The van der Waals surface area contributed by atoms with Crippen LogP contribution in [0.3, 0.4) is 0 Å². The summed E-state index contributed by atoms with van der Waals surface area (Å²) >= 11 is 0. The van der Waals surface area contributed by atoms with E-state index in [-0.39, 0.29) is 0 Å². The maximum atomic E-state index is 5.54. The minimum absolute atomic E-state index is 0.388. The lowest BCUT2D eigenvalue weighted by Crippen LogP contribution is -2.07. The Morgan fingerprint density at radius 3 is 2.56 bits per heavy atom. The van der Waals surface area contributed by atoms with E-state index in [4.69, 9.17) is 5.73 Å².